The smallest absolute Gasteiger partial charge is 0.216 e. The van der Waals surface area contributed by atoms with E-state index in [2.05, 4.69) is 80.5 Å². The van der Waals surface area contributed by atoms with Crippen molar-refractivity contribution in [2.75, 3.05) is 0 Å². The number of furan rings is 4. The van der Waals surface area contributed by atoms with E-state index in [-0.39, 0.29) is 34.0 Å². The third-order valence-corrected chi connectivity index (χ3v) is 28.5. The van der Waals surface area contributed by atoms with Gasteiger partial charge < -0.3 is 17.7 Å². The third kappa shape index (κ3) is 16.6. The highest BCUT2D eigenvalue weighted by Crippen LogP contribution is 2.52. The van der Waals surface area contributed by atoms with Crippen LogP contribution in [0, 0.1) is 115 Å². The van der Waals surface area contributed by atoms with E-state index in [0.29, 0.717) is 90.3 Å². The van der Waals surface area contributed by atoms with Gasteiger partial charge >= 0.3 is 0 Å². The third-order valence-electron chi connectivity index (χ3n) is 28.5. The van der Waals surface area contributed by atoms with Gasteiger partial charge in [-0.3, -0.25) is 0 Å². The van der Waals surface area contributed by atoms with Crippen LogP contribution in [0.3, 0.4) is 0 Å². The summed E-state index contributed by atoms with van der Waals surface area (Å²) < 4.78 is 164. The standard InChI is InChI=1S/C34H33N2O.C33H31N2O.C33H33N2O.C28H23N2O/c1-21-16-17-26-27-18-19-28(35-4)32(25-14-10-7-11-15-25)34(27)37-33(26)31(21)29-20-22(2)30(23(3)36(29)5)24-12-8-6-9-13-24;1-20-15-16-25-26-17-18-27(34-4)31(24-11-7-6-8-12-24)33(26)36-32(25)30(20)28-19-21(2)29(22(3)35(28)5)23-13-9-10-14-23;1-20-14-15-24-25-16-17-27(34-7)30(23-12-10-9-11-13-23)32(25)36-31(24)29(20)28-18-21(2)26(19-33(4,5)6)22(3)35(28)8;1-17-12-16-24(30(5)19(17)3)25-18(2)11-13-21-22-14-15-23(29-4)26(28(22)31-27(21)25)20-9-7-6-8-10-20/h7,10-11,14-20,24H,6,8-9,12-13H2,1-3,5H3;6-8,11-12,15-19,23H,9-10,13-14H2,1-3,5H3;9-18H,19H2,1-6,8H3;6-16H,1-3,5H3/q4*+1/i20D,24D;19D,23D;18D,19D2;1D3,6D,7D,8D,9D,10D. The molecule has 2 fully saturated rings. The molecular weight excluding hydrogens is 1710 g/mol. The summed E-state index contributed by atoms with van der Waals surface area (Å²) >= 11 is 0. The zero-order valence-electron chi connectivity index (χ0n) is 97.6. The number of fused-ring (bicyclic) bond motifs is 12. The zero-order chi connectivity index (χ0) is 111. The van der Waals surface area contributed by atoms with Crippen molar-refractivity contribution >= 4 is 111 Å². The van der Waals surface area contributed by atoms with Gasteiger partial charge in [0.1, 0.15) is 72.9 Å². The monoisotopic (exact) mass is 1850 g/mol. The maximum atomic E-state index is 9.38. The van der Waals surface area contributed by atoms with Crippen molar-refractivity contribution in [3.8, 4) is 89.5 Å². The summed E-state index contributed by atoms with van der Waals surface area (Å²) in [5.41, 5.74) is 30.1. The molecular formula is C128H120N8O4+4. The van der Waals surface area contributed by atoms with Crippen LogP contribution in [0.1, 0.15) is 195 Å². The van der Waals surface area contributed by atoms with Gasteiger partial charge in [0.2, 0.25) is 22.8 Å². The minimum Gasteiger partial charge on any atom is -0.456 e. The second-order valence-corrected chi connectivity index (χ2v) is 38.3. The van der Waals surface area contributed by atoms with E-state index in [1.54, 1.807) is 42.8 Å². The van der Waals surface area contributed by atoms with Gasteiger partial charge in [-0.1, -0.05) is 271 Å². The summed E-state index contributed by atoms with van der Waals surface area (Å²) in [6.45, 7) is 56.4. The van der Waals surface area contributed by atoms with Gasteiger partial charge in [-0.25, -0.2) is 19.4 Å². The van der Waals surface area contributed by atoms with Crippen LogP contribution >= 0.6 is 0 Å². The molecule has 2 aliphatic carbocycles. The van der Waals surface area contributed by atoms with E-state index < -0.39 is 60.6 Å². The first kappa shape index (κ1) is 76.5. The molecule has 22 rings (SSSR count). The van der Waals surface area contributed by atoms with Gasteiger partial charge in [-0.05, 0) is 172 Å². The highest BCUT2D eigenvalue weighted by atomic mass is 16.3. The first-order chi connectivity index (χ1) is 73.6. The number of benzene rings is 12. The lowest BCUT2D eigenvalue weighted by atomic mass is 9.81. The predicted molar refractivity (Wildman–Crippen MR) is 575 cm³/mol. The molecule has 20 aromatic rings. The fraction of sp³-hybridized carbons (Fsp3) is 0.250. The van der Waals surface area contributed by atoms with E-state index in [4.69, 9.17) is 57.7 Å². The Hall–Kier alpha value is -15.6. The Balaban J connectivity index is 0.000000129. The van der Waals surface area contributed by atoms with Crippen LogP contribution in [0.2, 0.25) is 0 Å². The molecule has 12 heteroatoms. The molecule has 0 saturated heterocycles. The summed E-state index contributed by atoms with van der Waals surface area (Å²) in [5.74, 6) is -1.26. The Morgan fingerprint density at radius 3 is 0.914 bits per heavy atom. The molecule has 8 heterocycles. The van der Waals surface area contributed by atoms with Gasteiger partial charge in [0.15, 0.2) is 45.5 Å². The molecule has 0 radical (unpaired) electrons. The zero-order valence-corrected chi connectivity index (χ0v) is 82.6. The maximum Gasteiger partial charge on any atom is 0.216 e. The highest BCUT2D eigenvalue weighted by Gasteiger charge is 2.36. The van der Waals surface area contributed by atoms with Crippen LogP contribution in [-0.4, -0.2) is 0 Å². The number of hydrogen-bond donors (Lipinski definition) is 0. The Bertz CT molecular complexity index is 9370. The van der Waals surface area contributed by atoms with Crippen LogP contribution in [0.5, 0.6) is 0 Å². The minimum absolute atomic E-state index is 0.0987. The summed E-state index contributed by atoms with van der Waals surface area (Å²) in [6.07, 6.45) is 7.19. The highest BCUT2D eigenvalue weighted by molar-refractivity contribution is 6.19. The molecule has 2 saturated carbocycles. The summed E-state index contributed by atoms with van der Waals surface area (Å²) in [4.78, 5) is 15.0. The number of aromatic nitrogens is 4. The molecule has 8 aromatic heterocycles. The molecule has 12 nitrogen and oxygen atoms in total. The molecule has 0 N–H and O–H groups in total. The van der Waals surface area contributed by atoms with Gasteiger partial charge in [0.25, 0.3) is 0 Å². The second-order valence-electron chi connectivity index (χ2n) is 38.3. The van der Waals surface area contributed by atoms with Gasteiger partial charge in [0.05, 0.1) is 59.5 Å². The largest absolute Gasteiger partial charge is 0.456 e. The van der Waals surface area contributed by atoms with Crippen molar-refractivity contribution in [3.05, 3.63) is 378 Å². The average Bonchev–Trinajstić information content (AvgIpc) is 1.71. The van der Waals surface area contributed by atoms with Crippen LogP contribution in [-0.2, 0) is 34.6 Å². The molecule has 0 atom stereocenters. The number of nitrogens with zero attached hydrogens (tertiary/aromatic N) is 8. The van der Waals surface area contributed by atoms with Crippen molar-refractivity contribution in [1.29, 1.82) is 0 Å². The van der Waals surface area contributed by atoms with E-state index in [1.807, 2.05) is 240 Å². The Morgan fingerprint density at radius 2 is 0.593 bits per heavy atom. The van der Waals surface area contributed by atoms with Crippen LogP contribution < -0.4 is 18.3 Å². The summed E-state index contributed by atoms with van der Waals surface area (Å²) in [6, 6.07) is 63.0. The van der Waals surface area contributed by atoms with E-state index in [9.17, 15) is 6.85 Å². The van der Waals surface area contributed by atoms with Crippen molar-refractivity contribution in [1.82, 2.24) is 0 Å². The quantitative estimate of drug-likeness (QED) is 0.0954. The predicted octanol–water partition coefficient (Wildman–Crippen LogP) is 34.2. The van der Waals surface area contributed by atoms with Crippen LogP contribution in [0.25, 0.3) is 197 Å². The van der Waals surface area contributed by atoms with Crippen molar-refractivity contribution in [2.45, 2.75) is 180 Å². The molecule has 140 heavy (non-hydrogen) atoms. The average molecular weight is 1850 g/mol. The fourth-order valence-corrected chi connectivity index (χ4v) is 21.2. The van der Waals surface area contributed by atoms with E-state index >= 15 is 0 Å². The van der Waals surface area contributed by atoms with E-state index in [0.717, 1.165) is 229 Å². The lowest BCUT2D eigenvalue weighted by Crippen LogP contribution is -2.37. The molecule has 0 bridgehead atoms. The van der Waals surface area contributed by atoms with Crippen molar-refractivity contribution in [3.63, 3.8) is 0 Å². The minimum atomic E-state index is -2.27. The number of hydrogen-bond acceptors (Lipinski definition) is 4. The number of aryl methyl sites for hydroxylation is 5. The molecule has 0 amide bonds. The normalized spacial score (nSPS) is 15.1. The summed E-state index contributed by atoms with van der Waals surface area (Å²) in [5, 5.41) is 7.05. The molecule has 2 aliphatic rings. The Morgan fingerprint density at radius 1 is 0.314 bits per heavy atom. The lowest BCUT2D eigenvalue weighted by molar-refractivity contribution is -0.667. The topological polar surface area (TPSA) is 85.5 Å². The van der Waals surface area contributed by atoms with Gasteiger partial charge in [0, 0.05) is 149 Å². The molecule has 12 aromatic carbocycles. The van der Waals surface area contributed by atoms with Crippen molar-refractivity contribution in [2.24, 2.45) is 33.6 Å². The molecule has 692 valence electrons. The van der Waals surface area contributed by atoms with Crippen molar-refractivity contribution < 1.29 is 56.5 Å². The van der Waals surface area contributed by atoms with E-state index in [1.165, 1.54) is 6.42 Å². The van der Waals surface area contributed by atoms with Crippen LogP contribution in [0.15, 0.2) is 266 Å². The molecule has 0 unspecified atom stereocenters. The molecule has 0 aliphatic heterocycles. The number of pyridine rings is 4. The SMILES string of the molecule is [2H]c1c(C)c(C([2H])([2H])C(C)(C)C)c(C)[n+](C)c1-c1c(C)ccc2c1oc1c(-c3ccccc3)c([N+]#[C-])ccc12.[2H]c1c(C)c(C2([2H])CCCC2)c(C)[n+](C)c1-c1c(C)ccc2c1oc1c(-c3ccccc3)c([N+]#[C-])ccc12.[2H]c1c(C)c(C2([2H])CCCCC2)c(C)[n+](C)c1-c1c(C)ccc2c1oc1c(-c3ccccc3)c([N+]#[C-])ccc12.[2H]c1c([2H])c([2H])c(-c2c([N+]#[C-])ccc3c2oc2c(-c4ccc(C([2H])([2H])[2H])c(C)[n+]4C)c(C)ccc23)c([2H])c1[2H]. The Kier molecular flexibility index (Phi) is 20.8. The first-order valence-corrected chi connectivity index (χ1v) is 47.8. The second kappa shape index (κ2) is 38.1. The van der Waals surface area contributed by atoms with Crippen LogP contribution in [0.4, 0.5) is 22.7 Å². The Labute approximate surface area is 843 Å². The van der Waals surface area contributed by atoms with Gasteiger partial charge in [-0.2, -0.15) is 18.3 Å². The van der Waals surface area contributed by atoms with Gasteiger partial charge in [-0.15, -0.1) is 0 Å². The fourth-order valence-electron chi connectivity index (χ4n) is 21.2. The summed E-state index contributed by atoms with van der Waals surface area (Å²) in [7, 11) is 7.72. The number of rotatable bonds is 11. The lowest BCUT2D eigenvalue weighted by Gasteiger charge is -2.24. The first-order valence-electron chi connectivity index (χ1n) is 55.3. The molecule has 0 spiro atoms. The maximum absolute atomic E-state index is 9.38.